The lowest BCUT2D eigenvalue weighted by molar-refractivity contribution is 0.102. The Labute approximate surface area is 104 Å². The number of carbonyl (C=O) groups is 1. The average molecular weight is 245 g/mol. The van der Waals surface area contributed by atoms with Crippen molar-refractivity contribution in [2.24, 2.45) is 0 Å². The zero-order valence-electron chi connectivity index (χ0n) is 9.77. The van der Waals surface area contributed by atoms with Crippen molar-refractivity contribution in [2.75, 3.05) is 11.1 Å². The van der Waals surface area contributed by atoms with Crippen molar-refractivity contribution in [1.29, 1.82) is 0 Å². The van der Waals surface area contributed by atoms with Crippen LogP contribution in [0.15, 0.2) is 36.7 Å². The maximum absolute atomic E-state index is 13.5. The average Bonchev–Trinajstić information content (AvgIpc) is 2.32. The van der Waals surface area contributed by atoms with E-state index in [1.54, 1.807) is 12.3 Å². The van der Waals surface area contributed by atoms with Gasteiger partial charge in [-0.25, -0.2) is 4.39 Å². The molecule has 0 bridgehead atoms. The van der Waals surface area contributed by atoms with Gasteiger partial charge in [0.25, 0.3) is 5.91 Å². The molecule has 1 heterocycles. The van der Waals surface area contributed by atoms with Crippen LogP contribution in [-0.4, -0.2) is 10.9 Å². The summed E-state index contributed by atoms with van der Waals surface area (Å²) in [5.41, 5.74) is 7.07. The summed E-state index contributed by atoms with van der Waals surface area (Å²) in [4.78, 5) is 15.8. The second-order valence-corrected chi connectivity index (χ2v) is 3.94. The second-order valence-electron chi connectivity index (χ2n) is 3.94. The fourth-order valence-electron chi connectivity index (χ4n) is 1.51. The van der Waals surface area contributed by atoms with Crippen LogP contribution in [0.25, 0.3) is 0 Å². The molecule has 1 aromatic carbocycles. The standard InChI is InChI=1S/C13H12FN3O/c1-8-4-9(7-16-6-8)13(18)17-12-3-2-10(15)5-11(12)14/h2-7H,15H2,1H3,(H,17,18). The molecule has 0 saturated heterocycles. The summed E-state index contributed by atoms with van der Waals surface area (Å²) in [6.45, 7) is 1.83. The molecule has 0 fully saturated rings. The molecule has 1 aromatic heterocycles. The van der Waals surface area contributed by atoms with E-state index in [9.17, 15) is 9.18 Å². The molecule has 0 radical (unpaired) electrons. The van der Waals surface area contributed by atoms with Crippen LogP contribution in [0.3, 0.4) is 0 Å². The van der Waals surface area contributed by atoms with E-state index in [1.165, 1.54) is 18.3 Å². The van der Waals surface area contributed by atoms with E-state index in [4.69, 9.17) is 5.73 Å². The molecule has 5 heteroatoms. The van der Waals surface area contributed by atoms with Crippen LogP contribution in [0.4, 0.5) is 15.8 Å². The molecule has 0 aliphatic carbocycles. The normalized spacial score (nSPS) is 10.1. The summed E-state index contributed by atoms with van der Waals surface area (Å²) >= 11 is 0. The van der Waals surface area contributed by atoms with Gasteiger partial charge in [-0.2, -0.15) is 0 Å². The summed E-state index contributed by atoms with van der Waals surface area (Å²) in [5.74, 6) is -0.973. The minimum absolute atomic E-state index is 0.0932. The molecule has 0 saturated carbocycles. The first kappa shape index (κ1) is 12.0. The largest absolute Gasteiger partial charge is 0.399 e. The van der Waals surface area contributed by atoms with E-state index in [-0.39, 0.29) is 5.69 Å². The predicted octanol–water partition coefficient (Wildman–Crippen LogP) is 2.36. The zero-order chi connectivity index (χ0) is 13.1. The number of aromatic nitrogens is 1. The quantitative estimate of drug-likeness (QED) is 0.798. The van der Waals surface area contributed by atoms with E-state index in [0.717, 1.165) is 11.6 Å². The van der Waals surface area contributed by atoms with Gasteiger partial charge in [0.15, 0.2) is 0 Å². The van der Waals surface area contributed by atoms with E-state index >= 15 is 0 Å². The van der Waals surface area contributed by atoms with Gasteiger partial charge in [-0.05, 0) is 36.8 Å². The number of hydrogen-bond acceptors (Lipinski definition) is 3. The number of halogens is 1. The van der Waals surface area contributed by atoms with Gasteiger partial charge in [0.1, 0.15) is 5.82 Å². The molecule has 0 aliphatic rings. The molecule has 0 spiro atoms. The van der Waals surface area contributed by atoms with Crippen molar-refractivity contribution in [3.05, 3.63) is 53.6 Å². The van der Waals surface area contributed by atoms with Crippen LogP contribution in [0.1, 0.15) is 15.9 Å². The van der Waals surface area contributed by atoms with Crippen molar-refractivity contribution in [3.8, 4) is 0 Å². The van der Waals surface area contributed by atoms with Crippen LogP contribution in [-0.2, 0) is 0 Å². The van der Waals surface area contributed by atoms with Crippen molar-refractivity contribution < 1.29 is 9.18 Å². The Morgan fingerprint density at radius 2 is 2.11 bits per heavy atom. The van der Waals surface area contributed by atoms with Gasteiger partial charge in [0.05, 0.1) is 11.3 Å². The highest BCUT2D eigenvalue weighted by molar-refractivity contribution is 6.04. The Bertz CT molecular complexity index is 599. The molecule has 1 amide bonds. The summed E-state index contributed by atoms with van der Waals surface area (Å²) in [5, 5.41) is 2.47. The maximum atomic E-state index is 13.5. The first-order valence-electron chi connectivity index (χ1n) is 5.34. The number of nitrogens with zero attached hydrogens (tertiary/aromatic N) is 1. The van der Waals surface area contributed by atoms with E-state index in [1.807, 2.05) is 6.92 Å². The number of hydrogen-bond donors (Lipinski definition) is 2. The van der Waals surface area contributed by atoms with Crippen LogP contribution >= 0.6 is 0 Å². The van der Waals surface area contributed by atoms with Crippen LogP contribution < -0.4 is 11.1 Å². The number of carbonyl (C=O) groups excluding carboxylic acids is 1. The summed E-state index contributed by atoms with van der Waals surface area (Å²) < 4.78 is 13.5. The zero-order valence-corrected chi connectivity index (χ0v) is 9.77. The van der Waals surface area contributed by atoms with Crippen molar-refractivity contribution in [3.63, 3.8) is 0 Å². The first-order valence-corrected chi connectivity index (χ1v) is 5.34. The molecule has 2 rings (SSSR count). The fraction of sp³-hybridized carbons (Fsp3) is 0.0769. The molecule has 92 valence electrons. The summed E-state index contributed by atoms with van der Waals surface area (Å²) in [6.07, 6.45) is 3.07. The van der Waals surface area contributed by atoms with Crippen LogP contribution in [0.5, 0.6) is 0 Å². The molecular weight excluding hydrogens is 233 g/mol. The number of rotatable bonds is 2. The van der Waals surface area contributed by atoms with Crippen molar-refractivity contribution >= 4 is 17.3 Å². The maximum Gasteiger partial charge on any atom is 0.257 e. The number of amides is 1. The van der Waals surface area contributed by atoms with Gasteiger partial charge in [0.2, 0.25) is 0 Å². The van der Waals surface area contributed by atoms with Gasteiger partial charge in [-0.15, -0.1) is 0 Å². The SMILES string of the molecule is Cc1cncc(C(=O)Nc2ccc(N)cc2F)c1. The third-order valence-electron chi connectivity index (χ3n) is 2.38. The molecule has 2 aromatic rings. The van der Waals surface area contributed by atoms with Gasteiger partial charge >= 0.3 is 0 Å². The highest BCUT2D eigenvalue weighted by atomic mass is 19.1. The minimum Gasteiger partial charge on any atom is -0.399 e. The van der Waals surface area contributed by atoms with Crippen molar-refractivity contribution in [2.45, 2.75) is 6.92 Å². The Morgan fingerprint density at radius 3 is 2.78 bits per heavy atom. The summed E-state index contributed by atoms with van der Waals surface area (Å²) in [6, 6.07) is 5.78. The van der Waals surface area contributed by atoms with Crippen molar-refractivity contribution in [1.82, 2.24) is 4.98 Å². The molecule has 4 nitrogen and oxygen atoms in total. The summed E-state index contributed by atoms with van der Waals surface area (Å²) in [7, 11) is 0. The second kappa shape index (κ2) is 4.83. The third-order valence-corrected chi connectivity index (χ3v) is 2.38. The molecule has 0 atom stereocenters. The van der Waals surface area contributed by atoms with Gasteiger partial charge in [-0.1, -0.05) is 0 Å². The Kier molecular flexibility index (Phi) is 3.23. The minimum atomic E-state index is -0.566. The number of nitrogen functional groups attached to an aromatic ring is 1. The van der Waals surface area contributed by atoms with Gasteiger partial charge in [0, 0.05) is 18.1 Å². The Balaban J connectivity index is 2.21. The molecule has 0 aliphatic heterocycles. The molecule has 18 heavy (non-hydrogen) atoms. The lowest BCUT2D eigenvalue weighted by Gasteiger charge is -2.07. The number of anilines is 2. The smallest absolute Gasteiger partial charge is 0.257 e. The number of aryl methyl sites for hydroxylation is 1. The van der Waals surface area contributed by atoms with Gasteiger partial charge < -0.3 is 11.1 Å². The van der Waals surface area contributed by atoms with Crippen LogP contribution in [0.2, 0.25) is 0 Å². The van der Waals surface area contributed by atoms with E-state index in [0.29, 0.717) is 11.3 Å². The predicted molar refractivity (Wildman–Crippen MR) is 67.7 cm³/mol. The molecular formula is C13H12FN3O. The number of benzene rings is 1. The monoisotopic (exact) mass is 245 g/mol. The lowest BCUT2D eigenvalue weighted by Crippen LogP contribution is -2.13. The first-order chi connectivity index (χ1) is 8.56. The third kappa shape index (κ3) is 2.63. The number of nitrogens with two attached hydrogens (primary N) is 1. The topological polar surface area (TPSA) is 68.0 Å². The Morgan fingerprint density at radius 1 is 1.33 bits per heavy atom. The van der Waals surface area contributed by atoms with E-state index < -0.39 is 11.7 Å². The number of nitrogens with one attached hydrogen (secondary N) is 1. The van der Waals surface area contributed by atoms with Crippen LogP contribution in [0, 0.1) is 12.7 Å². The van der Waals surface area contributed by atoms with Gasteiger partial charge in [-0.3, -0.25) is 9.78 Å². The highest BCUT2D eigenvalue weighted by Crippen LogP contribution is 2.17. The lowest BCUT2D eigenvalue weighted by atomic mass is 10.2. The fourth-order valence-corrected chi connectivity index (χ4v) is 1.51. The van der Waals surface area contributed by atoms with E-state index in [2.05, 4.69) is 10.3 Å². The molecule has 3 N–H and O–H groups in total. The number of pyridine rings is 1. The highest BCUT2D eigenvalue weighted by Gasteiger charge is 2.09. The molecule has 0 unspecified atom stereocenters. The Hall–Kier alpha value is -2.43.